The van der Waals surface area contributed by atoms with Crippen LogP contribution in [0.4, 0.5) is 0 Å². The fraction of sp³-hybridized carbons (Fsp3) is 0.400. The van der Waals surface area contributed by atoms with Crippen molar-refractivity contribution in [2.45, 2.75) is 12.8 Å². The van der Waals surface area contributed by atoms with Gasteiger partial charge in [-0.25, -0.2) is 0 Å². The molecule has 0 atom stereocenters. The number of hydrogen-bond acceptors (Lipinski definition) is 5. The van der Waals surface area contributed by atoms with Crippen molar-refractivity contribution >= 4 is 17.2 Å². The van der Waals surface area contributed by atoms with Crippen molar-refractivity contribution in [1.82, 2.24) is 0 Å². The average molecular weight is 142 g/mol. The maximum absolute atomic E-state index is 10.8. The van der Waals surface area contributed by atoms with Crippen LogP contribution in [0.2, 0.25) is 0 Å². The van der Waals surface area contributed by atoms with Crippen LogP contribution in [-0.4, -0.2) is 27.6 Å². The molecule has 1 rings (SSSR count). The molecule has 1 aliphatic rings. The van der Waals surface area contributed by atoms with Crippen LogP contribution in [-0.2, 0) is 4.79 Å². The topological polar surface area (TPSA) is 82.2 Å². The highest BCUT2D eigenvalue weighted by Gasteiger charge is 2.27. The minimum Gasteiger partial charge on any atom is -0.411 e. The molecule has 1 saturated carbocycles. The number of carbonyl (C=O) groups excluding carboxylic acids is 1. The zero-order valence-electron chi connectivity index (χ0n) is 5.11. The molecular formula is C5H6N2O3. The van der Waals surface area contributed by atoms with Crippen molar-refractivity contribution in [3.8, 4) is 0 Å². The molecule has 1 aliphatic carbocycles. The summed E-state index contributed by atoms with van der Waals surface area (Å²) >= 11 is 0. The second kappa shape index (κ2) is 2.47. The zero-order chi connectivity index (χ0) is 7.56. The van der Waals surface area contributed by atoms with Crippen LogP contribution in [0.5, 0.6) is 0 Å². The normalized spacial score (nSPS) is 26.6. The highest BCUT2D eigenvalue weighted by molar-refractivity contribution is 6.69. The predicted molar refractivity (Wildman–Crippen MR) is 32.7 cm³/mol. The van der Waals surface area contributed by atoms with Crippen molar-refractivity contribution in [2.75, 3.05) is 0 Å². The molecule has 0 aromatic carbocycles. The third-order valence-corrected chi connectivity index (χ3v) is 1.36. The summed E-state index contributed by atoms with van der Waals surface area (Å²) < 4.78 is 0. The van der Waals surface area contributed by atoms with E-state index in [2.05, 4.69) is 10.3 Å². The number of oxime groups is 2. The Morgan fingerprint density at radius 2 is 1.50 bits per heavy atom. The van der Waals surface area contributed by atoms with Gasteiger partial charge in [-0.15, -0.1) is 0 Å². The number of Topliss-reactive ketones (excluding diaryl/α,β-unsaturated/α-hetero) is 1. The summed E-state index contributed by atoms with van der Waals surface area (Å²) in [6, 6.07) is 0. The quantitative estimate of drug-likeness (QED) is 0.369. The van der Waals surface area contributed by atoms with Gasteiger partial charge >= 0.3 is 0 Å². The van der Waals surface area contributed by atoms with E-state index in [-0.39, 0.29) is 11.4 Å². The molecule has 1 fully saturated rings. The van der Waals surface area contributed by atoms with Gasteiger partial charge in [-0.2, -0.15) is 0 Å². The summed E-state index contributed by atoms with van der Waals surface area (Å²) in [5.41, 5.74) is 0.126. The molecule has 5 nitrogen and oxygen atoms in total. The maximum atomic E-state index is 10.8. The van der Waals surface area contributed by atoms with Crippen LogP contribution in [0.3, 0.4) is 0 Å². The van der Waals surface area contributed by atoms with Crippen molar-refractivity contribution in [1.29, 1.82) is 0 Å². The minimum atomic E-state index is -0.468. The van der Waals surface area contributed by atoms with Crippen molar-refractivity contribution in [2.24, 2.45) is 10.3 Å². The SMILES string of the molecule is O=C1/C(=N\O)CC/C1=N\O. The van der Waals surface area contributed by atoms with E-state index in [0.717, 1.165) is 0 Å². The zero-order valence-corrected chi connectivity index (χ0v) is 5.11. The summed E-state index contributed by atoms with van der Waals surface area (Å²) in [6.45, 7) is 0. The summed E-state index contributed by atoms with van der Waals surface area (Å²) in [4.78, 5) is 10.8. The van der Waals surface area contributed by atoms with Crippen molar-refractivity contribution in [3.05, 3.63) is 0 Å². The monoisotopic (exact) mass is 142 g/mol. The second-order valence-electron chi connectivity index (χ2n) is 1.92. The van der Waals surface area contributed by atoms with Gasteiger partial charge in [0.15, 0.2) is 0 Å². The fourth-order valence-corrected chi connectivity index (χ4v) is 0.821. The number of ketones is 1. The molecule has 10 heavy (non-hydrogen) atoms. The van der Waals surface area contributed by atoms with Gasteiger partial charge in [-0.05, 0) is 0 Å². The first kappa shape index (κ1) is 6.73. The summed E-state index contributed by atoms with van der Waals surface area (Å²) in [5, 5.41) is 21.8. The first-order chi connectivity index (χ1) is 4.79. The molecule has 0 bridgehead atoms. The Labute approximate surface area is 56.6 Å². The van der Waals surface area contributed by atoms with Gasteiger partial charge in [-0.1, -0.05) is 10.3 Å². The van der Waals surface area contributed by atoms with Gasteiger partial charge in [0.25, 0.3) is 0 Å². The van der Waals surface area contributed by atoms with Crippen LogP contribution in [0.15, 0.2) is 10.3 Å². The summed E-state index contributed by atoms with van der Waals surface area (Å²) in [5.74, 6) is -0.468. The van der Waals surface area contributed by atoms with Gasteiger partial charge < -0.3 is 10.4 Å². The molecule has 0 saturated heterocycles. The van der Waals surface area contributed by atoms with Gasteiger partial charge in [0.05, 0.1) is 0 Å². The van der Waals surface area contributed by atoms with Crippen LogP contribution >= 0.6 is 0 Å². The highest BCUT2D eigenvalue weighted by Crippen LogP contribution is 2.08. The number of hydrogen-bond donors (Lipinski definition) is 2. The third kappa shape index (κ3) is 0.854. The third-order valence-electron chi connectivity index (χ3n) is 1.36. The number of nitrogens with zero attached hydrogens (tertiary/aromatic N) is 2. The summed E-state index contributed by atoms with van der Waals surface area (Å²) in [7, 11) is 0. The molecule has 2 N–H and O–H groups in total. The van der Waals surface area contributed by atoms with E-state index in [1.54, 1.807) is 0 Å². The molecule has 5 heteroatoms. The molecule has 54 valence electrons. The van der Waals surface area contributed by atoms with Crippen LogP contribution in [0.1, 0.15) is 12.8 Å². The van der Waals surface area contributed by atoms with Crippen LogP contribution in [0.25, 0.3) is 0 Å². The van der Waals surface area contributed by atoms with Crippen molar-refractivity contribution in [3.63, 3.8) is 0 Å². The number of carbonyl (C=O) groups is 1. The molecule has 0 aromatic rings. The van der Waals surface area contributed by atoms with E-state index in [9.17, 15) is 4.79 Å². The molecule has 0 spiro atoms. The van der Waals surface area contributed by atoms with E-state index >= 15 is 0 Å². The Balaban J connectivity index is 2.88. The molecule has 0 radical (unpaired) electrons. The average Bonchev–Trinajstić information content (AvgIpc) is 2.30. The van der Waals surface area contributed by atoms with Gasteiger partial charge in [-0.3, -0.25) is 4.79 Å². The predicted octanol–water partition coefficient (Wildman–Crippen LogP) is 0.00970. The Kier molecular flexibility index (Phi) is 1.66. The Morgan fingerprint density at radius 3 is 1.70 bits per heavy atom. The van der Waals surface area contributed by atoms with E-state index < -0.39 is 5.78 Å². The lowest BCUT2D eigenvalue weighted by atomic mass is 10.3. The second-order valence-corrected chi connectivity index (χ2v) is 1.92. The Bertz CT molecular complexity index is 197. The molecule has 0 unspecified atom stereocenters. The Morgan fingerprint density at radius 1 is 1.10 bits per heavy atom. The minimum absolute atomic E-state index is 0.0628. The van der Waals surface area contributed by atoms with E-state index in [4.69, 9.17) is 10.4 Å². The van der Waals surface area contributed by atoms with Gasteiger partial charge in [0.2, 0.25) is 5.78 Å². The van der Waals surface area contributed by atoms with Gasteiger partial charge in [0.1, 0.15) is 11.4 Å². The molecule has 0 heterocycles. The maximum Gasteiger partial charge on any atom is 0.228 e. The summed E-state index contributed by atoms with van der Waals surface area (Å²) in [6.07, 6.45) is 0.712. The lowest BCUT2D eigenvalue weighted by Gasteiger charge is -1.84. The van der Waals surface area contributed by atoms with Gasteiger partial charge in [0, 0.05) is 12.8 Å². The van der Waals surface area contributed by atoms with Crippen LogP contribution < -0.4 is 0 Å². The van der Waals surface area contributed by atoms with E-state index in [1.807, 2.05) is 0 Å². The molecule has 0 amide bonds. The van der Waals surface area contributed by atoms with E-state index in [1.165, 1.54) is 0 Å². The lowest BCUT2D eigenvalue weighted by molar-refractivity contribution is -0.107. The van der Waals surface area contributed by atoms with E-state index in [0.29, 0.717) is 12.8 Å². The highest BCUT2D eigenvalue weighted by atomic mass is 16.4. The van der Waals surface area contributed by atoms with Crippen molar-refractivity contribution < 1.29 is 15.2 Å². The molecule has 0 aromatic heterocycles. The molecular weight excluding hydrogens is 136 g/mol. The first-order valence-corrected chi connectivity index (χ1v) is 2.76. The van der Waals surface area contributed by atoms with Crippen LogP contribution in [0, 0.1) is 0 Å². The Hall–Kier alpha value is -1.39. The lowest BCUT2D eigenvalue weighted by Crippen LogP contribution is -2.12. The standard InChI is InChI=1S/C5H6N2O3/c8-5-3(6-9)1-2-4(5)7-10/h9-10H,1-2H2/b6-3-,7-4+. The molecule has 0 aliphatic heterocycles. The smallest absolute Gasteiger partial charge is 0.228 e. The largest absolute Gasteiger partial charge is 0.411 e. The number of rotatable bonds is 0. The fourth-order valence-electron chi connectivity index (χ4n) is 0.821. The first-order valence-electron chi connectivity index (χ1n) is 2.76.